The Labute approximate surface area is 108 Å². The van der Waals surface area contributed by atoms with Gasteiger partial charge in [-0.2, -0.15) is 0 Å². The van der Waals surface area contributed by atoms with Gasteiger partial charge >= 0.3 is 5.97 Å². The number of nitrogens with zero attached hydrogens (tertiary/aromatic N) is 3. The van der Waals surface area contributed by atoms with Crippen LogP contribution in [0.3, 0.4) is 0 Å². The standard InChI is InChI=1S/C12H13N3O2S/c16-11(17)8-4-3-5-9(8)18-12-14-13-10-6-1-2-7-15(10)12/h1-2,6-9H,3-5H2,(H,16,17). The van der Waals surface area contributed by atoms with Crippen LogP contribution >= 0.6 is 11.8 Å². The molecule has 18 heavy (non-hydrogen) atoms. The Morgan fingerprint density at radius 1 is 1.39 bits per heavy atom. The van der Waals surface area contributed by atoms with Gasteiger partial charge in [-0.3, -0.25) is 9.20 Å². The molecule has 2 aromatic rings. The maximum Gasteiger partial charge on any atom is 0.307 e. The average molecular weight is 263 g/mol. The number of hydrogen-bond acceptors (Lipinski definition) is 4. The molecular formula is C12H13N3O2S. The minimum Gasteiger partial charge on any atom is -0.481 e. The van der Waals surface area contributed by atoms with E-state index in [1.54, 1.807) is 0 Å². The summed E-state index contributed by atoms with van der Waals surface area (Å²) in [6.45, 7) is 0. The molecule has 2 aromatic heterocycles. The van der Waals surface area contributed by atoms with E-state index in [-0.39, 0.29) is 11.2 Å². The Morgan fingerprint density at radius 3 is 3.11 bits per heavy atom. The fraction of sp³-hybridized carbons (Fsp3) is 0.417. The van der Waals surface area contributed by atoms with Crippen LogP contribution in [0, 0.1) is 5.92 Å². The molecular weight excluding hydrogens is 250 g/mol. The number of carbonyl (C=O) groups is 1. The monoisotopic (exact) mass is 263 g/mol. The van der Waals surface area contributed by atoms with Gasteiger partial charge in [-0.25, -0.2) is 0 Å². The van der Waals surface area contributed by atoms with Crippen LogP contribution in [0.4, 0.5) is 0 Å². The van der Waals surface area contributed by atoms with E-state index in [4.69, 9.17) is 5.11 Å². The van der Waals surface area contributed by atoms with Crippen LogP contribution in [0.5, 0.6) is 0 Å². The number of thioether (sulfide) groups is 1. The molecule has 0 spiro atoms. The molecule has 0 saturated heterocycles. The first-order valence-electron chi connectivity index (χ1n) is 5.95. The molecule has 3 rings (SSSR count). The highest BCUT2D eigenvalue weighted by atomic mass is 32.2. The maximum absolute atomic E-state index is 11.1. The van der Waals surface area contributed by atoms with Crippen molar-refractivity contribution < 1.29 is 9.90 Å². The topological polar surface area (TPSA) is 67.5 Å². The first kappa shape index (κ1) is 11.5. The molecule has 0 aromatic carbocycles. The van der Waals surface area contributed by atoms with Crippen LogP contribution in [0.15, 0.2) is 29.6 Å². The van der Waals surface area contributed by atoms with Crippen molar-refractivity contribution in [2.24, 2.45) is 5.92 Å². The number of hydrogen-bond donors (Lipinski definition) is 1. The number of carboxylic acid groups (broad SMARTS) is 1. The van der Waals surface area contributed by atoms with Crippen LogP contribution in [0.1, 0.15) is 19.3 Å². The number of fused-ring (bicyclic) bond motifs is 1. The Kier molecular flexibility index (Phi) is 2.95. The van der Waals surface area contributed by atoms with Crippen LogP contribution in [-0.4, -0.2) is 30.9 Å². The van der Waals surface area contributed by atoms with E-state index in [2.05, 4.69) is 10.2 Å². The highest BCUT2D eigenvalue weighted by Gasteiger charge is 2.34. The van der Waals surface area contributed by atoms with Gasteiger partial charge in [-0.15, -0.1) is 10.2 Å². The quantitative estimate of drug-likeness (QED) is 0.918. The predicted octanol–water partition coefficient (Wildman–Crippen LogP) is 2.07. The van der Waals surface area contributed by atoms with E-state index in [0.717, 1.165) is 30.1 Å². The van der Waals surface area contributed by atoms with E-state index in [1.807, 2.05) is 28.8 Å². The first-order valence-corrected chi connectivity index (χ1v) is 6.83. The number of aliphatic carboxylic acids is 1. The van der Waals surface area contributed by atoms with Crippen molar-refractivity contribution in [1.82, 2.24) is 14.6 Å². The van der Waals surface area contributed by atoms with E-state index in [1.165, 1.54) is 11.8 Å². The largest absolute Gasteiger partial charge is 0.481 e. The average Bonchev–Trinajstić information content (AvgIpc) is 2.97. The van der Waals surface area contributed by atoms with Gasteiger partial charge in [0.1, 0.15) is 0 Å². The molecule has 1 aliphatic rings. The fourth-order valence-corrected chi connectivity index (χ4v) is 3.71. The third kappa shape index (κ3) is 1.96. The van der Waals surface area contributed by atoms with Crippen molar-refractivity contribution >= 4 is 23.4 Å². The molecule has 1 aliphatic carbocycles. The fourth-order valence-electron chi connectivity index (χ4n) is 2.38. The number of carboxylic acids is 1. The summed E-state index contributed by atoms with van der Waals surface area (Å²) in [7, 11) is 0. The lowest BCUT2D eigenvalue weighted by Crippen LogP contribution is -2.20. The predicted molar refractivity (Wildman–Crippen MR) is 67.6 cm³/mol. The van der Waals surface area contributed by atoms with Gasteiger partial charge in [-0.1, -0.05) is 24.2 Å². The van der Waals surface area contributed by atoms with Crippen molar-refractivity contribution in [2.75, 3.05) is 0 Å². The normalized spacial score (nSPS) is 23.6. The SMILES string of the molecule is O=C(O)C1CCCC1Sc1nnc2ccccn12. The number of aromatic nitrogens is 3. The zero-order valence-electron chi connectivity index (χ0n) is 9.69. The Hall–Kier alpha value is -1.56. The summed E-state index contributed by atoms with van der Waals surface area (Å²) in [4.78, 5) is 11.1. The second kappa shape index (κ2) is 4.61. The van der Waals surface area contributed by atoms with Crippen LogP contribution in [0.2, 0.25) is 0 Å². The highest BCUT2D eigenvalue weighted by molar-refractivity contribution is 7.99. The number of rotatable bonds is 3. The molecule has 1 N–H and O–H groups in total. The molecule has 1 fully saturated rings. The maximum atomic E-state index is 11.1. The van der Waals surface area contributed by atoms with E-state index < -0.39 is 5.97 Å². The van der Waals surface area contributed by atoms with Gasteiger partial charge in [-0.05, 0) is 25.0 Å². The van der Waals surface area contributed by atoms with Crippen molar-refractivity contribution in [3.63, 3.8) is 0 Å². The summed E-state index contributed by atoms with van der Waals surface area (Å²) in [6, 6.07) is 5.72. The van der Waals surface area contributed by atoms with Crippen LogP contribution < -0.4 is 0 Å². The molecule has 5 nitrogen and oxygen atoms in total. The van der Waals surface area contributed by atoms with Crippen LogP contribution in [0.25, 0.3) is 5.65 Å². The molecule has 6 heteroatoms. The second-order valence-corrected chi connectivity index (χ2v) is 5.65. The van der Waals surface area contributed by atoms with Crippen molar-refractivity contribution in [3.05, 3.63) is 24.4 Å². The third-order valence-electron chi connectivity index (χ3n) is 3.31. The first-order chi connectivity index (χ1) is 8.75. The van der Waals surface area contributed by atoms with Gasteiger partial charge in [0.15, 0.2) is 10.8 Å². The molecule has 0 amide bonds. The smallest absolute Gasteiger partial charge is 0.307 e. The molecule has 0 radical (unpaired) electrons. The summed E-state index contributed by atoms with van der Waals surface area (Å²) in [5.41, 5.74) is 0.796. The minimum absolute atomic E-state index is 0.107. The molecule has 0 aliphatic heterocycles. The van der Waals surface area contributed by atoms with E-state index >= 15 is 0 Å². The molecule has 2 atom stereocenters. The van der Waals surface area contributed by atoms with Crippen LogP contribution in [-0.2, 0) is 4.79 Å². The molecule has 0 bridgehead atoms. The van der Waals surface area contributed by atoms with Gasteiger partial charge in [0, 0.05) is 11.4 Å². The van der Waals surface area contributed by atoms with E-state index in [9.17, 15) is 4.79 Å². The van der Waals surface area contributed by atoms with Crippen molar-refractivity contribution in [1.29, 1.82) is 0 Å². The Bertz CT molecular complexity index is 583. The minimum atomic E-state index is -0.696. The zero-order valence-corrected chi connectivity index (χ0v) is 10.5. The van der Waals surface area contributed by atoms with Gasteiger partial charge in [0.2, 0.25) is 0 Å². The summed E-state index contributed by atoms with van der Waals surface area (Å²) >= 11 is 1.53. The molecule has 1 saturated carbocycles. The lowest BCUT2D eigenvalue weighted by atomic mass is 10.1. The van der Waals surface area contributed by atoms with E-state index in [0.29, 0.717) is 0 Å². The Balaban J connectivity index is 1.86. The third-order valence-corrected chi connectivity index (χ3v) is 4.67. The highest BCUT2D eigenvalue weighted by Crippen LogP contribution is 2.38. The summed E-state index contributed by atoms with van der Waals surface area (Å²) in [5, 5.41) is 18.3. The lowest BCUT2D eigenvalue weighted by Gasteiger charge is -2.13. The second-order valence-electron chi connectivity index (χ2n) is 4.44. The van der Waals surface area contributed by atoms with Gasteiger partial charge in [0.05, 0.1) is 5.92 Å². The number of pyridine rings is 1. The molecule has 2 heterocycles. The Morgan fingerprint density at radius 2 is 2.28 bits per heavy atom. The summed E-state index contributed by atoms with van der Waals surface area (Å²) < 4.78 is 1.90. The van der Waals surface area contributed by atoms with Gasteiger partial charge in [0.25, 0.3) is 0 Å². The summed E-state index contributed by atoms with van der Waals surface area (Å²) in [5.74, 6) is -0.954. The molecule has 94 valence electrons. The van der Waals surface area contributed by atoms with Crippen molar-refractivity contribution in [3.8, 4) is 0 Å². The summed E-state index contributed by atoms with van der Waals surface area (Å²) in [6.07, 6.45) is 4.58. The van der Waals surface area contributed by atoms with Crippen molar-refractivity contribution in [2.45, 2.75) is 29.7 Å². The molecule has 2 unspecified atom stereocenters. The van der Waals surface area contributed by atoms with Gasteiger partial charge < -0.3 is 5.11 Å². The zero-order chi connectivity index (χ0) is 12.5. The lowest BCUT2D eigenvalue weighted by molar-refractivity contribution is -0.141.